The molecule has 0 atom stereocenters. The number of hydrogen-bond donors (Lipinski definition) is 1. The summed E-state index contributed by atoms with van der Waals surface area (Å²) in [6, 6.07) is 17.2. The molecule has 0 unspecified atom stereocenters. The van der Waals surface area contributed by atoms with Crippen LogP contribution in [-0.2, 0) is 6.61 Å². The summed E-state index contributed by atoms with van der Waals surface area (Å²) in [5, 5.41) is 4.85. The van der Waals surface area contributed by atoms with Gasteiger partial charge in [-0.3, -0.25) is 4.79 Å². The van der Waals surface area contributed by atoms with Gasteiger partial charge in [0.05, 0.1) is 9.78 Å². The predicted octanol–water partition coefficient (Wildman–Crippen LogP) is 7.04. The van der Waals surface area contributed by atoms with Crippen LogP contribution in [0.3, 0.4) is 0 Å². The van der Waals surface area contributed by atoms with Crippen molar-refractivity contribution < 1.29 is 18.3 Å². The van der Waals surface area contributed by atoms with Gasteiger partial charge in [0.2, 0.25) is 0 Å². The van der Waals surface area contributed by atoms with Crippen LogP contribution < -0.4 is 10.2 Å². The van der Waals surface area contributed by atoms with E-state index in [2.05, 4.69) is 65.0 Å². The van der Waals surface area contributed by atoms with Crippen LogP contribution in [0.25, 0.3) is 11.0 Å². The molecule has 0 spiro atoms. The van der Waals surface area contributed by atoms with E-state index in [0.717, 1.165) is 17.9 Å². The molecule has 4 rings (SSSR count). The molecule has 0 bridgehead atoms. The first-order chi connectivity index (χ1) is 15.4. The molecule has 5 nitrogen and oxygen atoms in total. The lowest BCUT2D eigenvalue weighted by atomic mass is 10.2. The summed E-state index contributed by atoms with van der Waals surface area (Å²) in [5.41, 5.74) is 4.15. The van der Waals surface area contributed by atoms with Crippen LogP contribution in [0.5, 0.6) is 5.75 Å². The van der Waals surface area contributed by atoms with Crippen LogP contribution in [0, 0.1) is 9.39 Å². The highest BCUT2D eigenvalue weighted by molar-refractivity contribution is 14.1. The second kappa shape index (κ2) is 10.1. The maximum Gasteiger partial charge on any atom is 0.307 e. The molecule has 162 valence electrons. The Hall–Kier alpha value is -2.24. The first-order valence-electron chi connectivity index (χ1n) is 9.28. The number of amides is 1. The van der Waals surface area contributed by atoms with Crippen molar-refractivity contribution in [2.24, 2.45) is 5.10 Å². The van der Waals surface area contributed by atoms with Gasteiger partial charge in [0.15, 0.2) is 5.76 Å². The zero-order chi connectivity index (χ0) is 22.7. The Labute approximate surface area is 213 Å². The number of fused-ring (bicyclic) bond motifs is 1. The largest absolute Gasteiger partial charge is 0.488 e. The fraction of sp³-hybridized carbons (Fsp3) is 0.0435. The highest BCUT2D eigenvalue weighted by Crippen LogP contribution is 2.28. The Balaban J connectivity index is 1.48. The molecule has 0 saturated heterocycles. The number of halogens is 4. The summed E-state index contributed by atoms with van der Waals surface area (Å²) < 4.78 is 27.9. The van der Waals surface area contributed by atoms with Crippen molar-refractivity contribution in [3.05, 3.63) is 95.9 Å². The molecule has 0 radical (unpaired) electrons. The molecule has 1 N–H and O–H groups in total. The van der Waals surface area contributed by atoms with Crippen molar-refractivity contribution in [1.29, 1.82) is 0 Å². The van der Waals surface area contributed by atoms with E-state index >= 15 is 0 Å². The quantitative estimate of drug-likeness (QED) is 0.136. The van der Waals surface area contributed by atoms with Crippen molar-refractivity contribution in [1.82, 2.24) is 5.43 Å². The average Bonchev–Trinajstić information content (AvgIpc) is 3.19. The van der Waals surface area contributed by atoms with E-state index in [1.54, 1.807) is 42.5 Å². The monoisotopic (exact) mass is 670 g/mol. The van der Waals surface area contributed by atoms with Gasteiger partial charge < -0.3 is 9.15 Å². The SMILES string of the molecule is O=C(N/N=C\c1cc(Br)ccc1OCc1ccccc1F)c1cc2cc(Br)cc(I)c2o1. The fourth-order valence-corrected chi connectivity index (χ4v) is 4.97. The summed E-state index contributed by atoms with van der Waals surface area (Å²) in [5.74, 6) is -0.163. The standard InChI is InChI=1S/C23H14Br2FIN2O3/c24-16-5-6-20(31-12-13-3-1-2-4-18(13)26)15(8-16)11-28-29-23(30)21-9-14-7-17(25)10-19(27)22(14)32-21/h1-11H,12H2,(H,29,30)/b28-11-. The molecule has 0 fully saturated rings. The third kappa shape index (κ3) is 5.38. The highest BCUT2D eigenvalue weighted by atomic mass is 127. The minimum absolute atomic E-state index is 0.0642. The smallest absolute Gasteiger partial charge is 0.307 e. The number of benzene rings is 3. The maximum absolute atomic E-state index is 13.9. The Bertz CT molecular complexity index is 1340. The third-order valence-corrected chi connectivity index (χ3v) is 6.19. The van der Waals surface area contributed by atoms with Crippen LogP contribution in [0.15, 0.2) is 79.1 Å². The normalized spacial score (nSPS) is 11.2. The van der Waals surface area contributed by atoms with E-state index in [9.17, 15) is 9.18 Å². The zero-order valence-corrected chi connectivity index (χ0v) is 21.6. The van der Waals surface area contributed by atoms with Gasteiger partial charge in [-0.15, -0.1) is 0 Å². The number of hydrazone groups is 1. The van der Waals surface area contributed by atoms with Gasteiger partial charge >= 0.3 is 5.91 Å². The molecule has 4 aromatic rings. The lowest BCUT2D eigenvalue weighted by molar-refractivity contribution is 0.0929. The molecular weight excluding hydrogens is 658 g/mol. The number of hydrogen-bond acceptors (Lipinski definition) is 4. The fourth-order valence-electron chi connectivity index (χ4n) is 2.93. The van der Waals surface area contributed by atoms with Gasteiger partial charge in [-0.05, 0) is 65.1 Å². The molecule has 9 heteroatoms. The molecule has 1 heterocycles. The number of nitrogens with one attached hydrogen (secondary N) is 1. The van der Waals surface area contributed by atoms with E-state index in [1.165, 1.54) is 12.3 Å². The number of carbonyl (C=O) groups excluding carboxylic acids is 1. The second-order valence-electron chi connectivity index (χ2n) is 6.68. The second-order valence-corrected chi connectivity index (χ2v) is 9.67. The van der Waals surface area contributed by atoms with Crippen molar-refractivity contribution in [2.45, 2.75) is 6.61 Å². The molecular formula is C23H14Br2FIN2O3. The lowest BCUT2D eigenvalue weighted by Crippen LogP contribution is -2.16. The topological polar surface area (TPSA) is 63.8 Å². The predicted molar refractivity (Wildman–Crippen MR) is 137 cm³/mol. The molecule has 32 heavy (non-hydrogen) atoms. The number of furan rings is 1. The molecule has 0 aliphatic carbocycles. The highest BCUT2D eigenvalue weighted by Gasteiger charge is 2.14. The average molecular weight is 672 g/mol. The van der Waals surface area contributed by atoms with E-state index in [4.69, 9.17) is 9.15 Å². The van der Waals surface area contributed by atoms with Gasteiger partial charge in [0.25, 0.3) is 0 Å². The molecule has 3 aromatic carbocycles. The Morgan fingerprint density at radius 1 is 1.12 bits per heavy atom. The van der Waals surface area contributed by atoms with E-state index in [0.29, 0.717) is 22.5 Å². The molecule has 0 aliphatic rings. The third-order valence-electron chi connectivity index (χ3n) is 4.44. The minimum atomic E-state index is -0.479. The Morgan fingerprint density at radius 2 is 1.94 bits per heavy atom. The molecule has 1 amide bonds. The van der Waals surface area contributed by atoms with Gasteiger partial charge in [-0.1, -0.05) is 50.1 Å². The molecule has 1 aromatic heterocycles. The van der Waals surface area contributed by atoms with Gasteiger partial charge in [-0.2, -0.15) is 5.10 Å². The maximum atomic E-state index is 13.9. The minimum Gasteiger partial charge on any atom is -0.488 e. The lowest BCUT2D eigenvalue weighted by Gasteiger charge is -2.10. The Morgan fingerprint density at radius 3 is 2.75 bits per heavy atom. The first kappa shape index (κ1) is 22.9. The summed E-state index contributed by atoms with van der Waals surface area (Å²) in [6.45, 7) is 0.0642. The summed E-state index contributed by atoms with van der Waals surface area (Å²) in [4.78, 5) is 12.5. The van der Waals surface area contributed by atoms with Crippen LogP contribution in [0.4, 0.5) is 4.39 Å². The molecule has 0 aliphatic heterocycles. The number of ether oxygens (including phenoxy) is 1. The molecule has 0 saturated carbocycles. The van der Waals surface area contributed by atoms with Crippen molar-refractivity contribution in [2.75, 3.05) is 0 Å². The van der Waals surface area contributed by atoms with Crippen molar-refractivity contribution in [3.63, 3.8) is 0 Å². The van der Waals surface area contributed by atoms with Crippen molar-refractivity contribution in [3.8, 4) is 5.75 Å². The summed E-state index contributed by atoms with van der Waals surface area (Å²) in [6.07, 6.45) is 1.46. The van der Waals surface area contributed by atoms with E-state index < -0.39 is 5.91 Å². The van der Waals surface area contributed by atoms with Crippen LogP contribution >= 0.6 is 54.5 Å². The van der Waals surface area contributed by atoms with Gasteiger partial charge in [-0.25, -0.2) is 9.82 Å². The van der Waals surface area contributed by atoms with Crippen LogP contribution in [0.1, 0.15) is 21.7 Å². The zero-order valence-electron chi connectivity index (χ0n) is 16.2. The first-order valence-corrected chi connectivity index (χ1v) is 11.9. The van der Waals surface area contributed by atoms with Gasteiger partial charge in [0.1, 0.15) is 23.8 Å². The summed E-state index contributed by atoms with van der Waals surface area (Å²) >= 11 is 8.99. The van der Waals surface area contributed by atoms with Gasteiger partial charge in [0, 0.05) is 25.5 Å². The van der Waals surface area contributed by atoms with Crippen LogP contribution in [-0.4, -0.2) is 12.1 Å². The van der Waals surface area contributed by atoms with Crippen LogP contribution in [0.2, 0.25) is 0 Å². The van der Waals surface area contributed by atoms with E-state index in [1.807, 2.05) is 12.1 Å². The van der Waals surface area contributed by atoms with Crippen molar-refractivity contribution >= 4 is 77.5 Å². The number of rotatable bonds is 6. The number of nitrogens with zero attached hydrogens (tertiary/aromatic N) is 1. The summed E-state index contributed by atoms with van der Waals surface area (Å²) in [7, 11) is 0. The van der Waals surface area contributed by atoms with E-state index in [-0.39, 0.29) is 18.2 Å². The Kier molecular flexibility index (Phi) is 7.27. The number of carbonyl (C=O) groups is 1.